The van der Waals surface area contributed by atoms with Gasteiger partial charge in [0.05, 0.1) is 0 Å². The smallest absolute Gasteiger partial charge is 0.320 e. The quantitative estimate of drug-likeness (QED) is 0.546. The van der Waals surface area contributed by atoms with Crippen molar-refractivity contribution in [2.24, 2.45) is 17.4 Å². The van der Waals surface area contributed by atoms with Crippen molar-refractivity contribution in [3.05, 3.63) is 0 Å². The molecule has 6 N–H and O–H groups in total. The Morgan fingerprint density at radius 3 is 1.71 bits per heavy atom. The van der Waals surface area contributed by atoms with Gasteiger partial charge in [-0.05, 0) is 12.3 Å². The van der Waals surface area contributed by atoms with Crippen LogP contribution in [0, 0.1) is 5.92 Å². The highest BCUT2D eigenvalue weighted by atomic mass is 16.4. The normalized spacial score (nSPS) is 15.1. The molecule has 0 fully saturated rings. The summed E-state index contributed by atoms with van der Waals surface area (Å²) in [6.07, 6.45) is 2.20. The molecule has 0 aromatic carbocycles. The van der Waals surface area contributed by atoms with Gasteiger partial charge in [-0.3, -0.25) is 9.59 Å². The van der Waals surface area contributed by atoms with Gasteiger partial charge < -0.3 is 21.7 Å². The van der Waals surface area contributed by atoms with E-state index in [2.05, 4.69) is 0 Å². The number of carboxylic acids is 2. The van der Waals surface area contributed by atoms with E-state index < -0.39 is 24.0 Å². The average molecular weight is 248 g/mol. The second-order valence-corrected chi connectivity index (χ2v) is 3.98. The second-order valence-electron chi connectivity index (χ2n) is 3.98. The third-order valence-electron chi connectivity index (χ3n) is 2.46. The fourth-order valence-electron chi connectivity index (χ4n) is 0.932. The van der Waals surface area contributed by atoms with Gasteiger partial charge in [-0.15, -0.1) is 0 Å². The van der Waals surface area contributed by atoms with Crippen molar-refractivity contribution in [3.8, 4) is 0 Å². The zero-order valence-corrected chi connectivity index (χ0v) is 10.7. The highest BCUT2D eigenvalue weighted by Gasteiger charge is 2.17. The largest absolute Gasteiger partial charge is 0.480 e. The van der Waals surface area contributed by atoms with E-state index in [1.807, 2.05) is 20.8 Å². The summed E-state index contributed by atoms with van der Waals surface area (Å²) in [4.78, 5) is 20.1. The van der Waals surface area contributed by atoms with Gasteiger partial charge in [0.2, 0.25) is 0 Å². The van der Waals surface area contributed by atoms with Crippen LogP contribution in [0.2, 0.25) is 0 Å². The van der Waals surface area contributed by atoms with Crippen LogP contribution in [0.5, 0.6) is 0 Å². The Balaban J connectivity index is 0. The predicted molar refractivity (Wildman–Crippen MR) is 65.6 cm³/mol. The summed E-state index contributed by atoms with van der Waals surface area (Å²) in [6, 6.07) is -1.37. The molecule has 102 valence electrons. The number of carbonyl (C=O) groups is 2. The monoisotopic (exact) mass is 248 g/mol. The molecular formula is C11H24N2O4. The van der Waals surface area contributed by atoms with Gasteiger partial charge in [-0.2, -0.15) is 0 Å². The first-order chi connectivity index (χ1) is 7.77. The molecule has 0 aliphatic rings. The zero-order chi connectivity index (χ0) is 14.0. The maximum Gasteiger partial charge on any atom is 0.320 e. The number of hydrogen-bond donors (Lipinski definition) is 4. The van der Waals surface area contributed by atoms with Gasteiger partial charge in [-0.1, -0.05) is 33.6 Å². The second kappa shape index (κ2) is 10.0. The molecule has 0 amide bonds. The molecular weight excluding hydrogens is 224 g/mol. The number of aliphatic carboxylic acids is 2. The van der Waals surface area contributed by atoms with E-state index in [0.29, 0.717) is 6.42 Å². The lowest BCUT2D eigenvalue weighted by atomic mass is 10.0. The Bertz CT molecular complexity index is 234. The van der Waals surface area contributed by atoms with Gasteiger partial charge in [0.25, 0.3) is 0 Å². The van der Waals surface area contributed by atoms with Gasteiger partial charge >= 0.3 is 11.9 Å². The molecule has 0 heterocycles. The van der Waals surface area contributed by atoms with Crippen LogP contribution in [0.3, 0.4) is 0 Å². The predicted octanol–water partition coefficient (Wildman–Crippen LogP) is 0.643. The summed E-state index contributed by atoms with van der Waals surface area (Å²) in [6.45, 7) is 5.66. The highest BCUT2D eigenvalue weighted by Crippen LogP contribution is 2.04. The minimum atomic E-state index is -0.913. The summed E-state index contributed by atoms with van der Waals surface area (Å²) >= 11 is 0. The highest BCUT2D eigenvalue weighted by molar-refractivity contribution is 5.73. The molecule has 17 heavy (non-hydrogen) atoms. The van der Waals surface area contributed by atoms with Crippen LogP contribution in [0.25, 0.3) is 0 Å². The van der Waals surface area contributed by atoms with Crippen molar-refractivity contribution in [2.45, 2.75) is 52.1 Å². The van der Waals surface area contributed by atoms with E-state index in [1.165, 1.54) is 0 Å². The molecule has 0 aliphatic heterocycles. The van der Waals surface area contributed by atoms with Crippen molar-refractivity contribution in [3.63, 3.8) is 0 Å². The maximum atomic E-state index is 10.2. The molecule has 0 saturated heterocycles. The van der Waals surface area contributed by atoms with Crippen LogP contribution in [-0.2, 0) is 9.59 Å². The molecule has 0 rings (SSSR count). The molecule has 0 saturated carbocycles. The van der Waals surface area contributed by atoms with Gasteiger partial charge in [-0.25, -0.2) is 0 Å². The van der Waals surface area contributed by atoms with Crippen molar-refractivity contribution < 1.29 is 19.8 Å². The molecule has 6 nitrogen and oxygen atoms in total. The molecule has 0 aromatic rings. The van der Waals surface area contributed by atoms with E-state index in [0.717, 1.165) is 12.8 Å². The zero-order valence-electron chi connectivity index (χ0n) is 10.7. The average Bonchev–Trinajstić information content (AvgIpc) is 2.27. The summed E-state index contributed by atoms with van der Waals surface area (Å²) in [5, 5.41) is 16.5. The lowest BCUT2D eigenvalue weighted by molar-refractivity contribution is -0.140. The molecule has 0 spiro atoms. The van der Waals surface area contributed by atoms with Crippen molar-refractivity contribution in [1.29, 1.82) is 0 Å². The van der Waals surface area contributed by atoms with Crippen molar-refractivity contribution in [1.82, 2.24) is 0 Å². The Hall–Kier alpha value is -1.14. The Morgan fingerprint density at radius 1 is 1.12 bits per heavy atom. The first-order valence-corrected chi connectivity index (χ1v) is 5.74. The number of carboxylic acid groups (broad SMARTS) is 2. The van der Waals surface area contributed by atoms with Crippen LogP contribution < -0.4 is 11.5 Å². The minimum Gasteiger partial charge on any atom is -0.480 e. The topological polar surface area (TPSA) is 127 Å². The van der Waals surface area contributed by atoms with E-state index in [4.69, 9.17) is 21.7 Å². The molecule has 0 aliphatic carbocycles. The van der Waals surface area contributed by atoms with Gasteiger partial charge in [0.1, 0.15) is 12.1 Å². The minimum absolute atomic E-state index is 0.0718. The summed E-state index contributed by atoms with van der Waals surface area (Å²) in [5.41, 5.74) is 10.4. The molecule has 0 bridgehead atoms. The summed E-state index contributed by atoms with van der Waals surface area (Å²) < 4.78 is 0. The van der Waals surface area contributed by atoms with E-state index in [-0.39, 0.29) is 5.92 Å². The van der Waals surface area contributed by atoms with Gasteiger partial charge in [0, 0.05) is 0 Å². The lowest BCUT2D eigenvalue weighted by Gasteiger charge is -2.11. The third-order valence-corrected chi connectivity index (χ3v) is 2.46. The molecule has 3 atom stereocenters. The first-order valence-electron chi connectivity index (χ1n) is 5.74. The molecule has 6 heteroatoms. The number of rotatable bonds is 6. The third kappa shape index (κ3) is 9.77. The standard InChI is InChI=1S/C6H13NO2.C5H11NO2/c1-3-4(2)5(7)6(8)9;1-2-3-4(6)5(7)8/h4-5H,3,7H2,1-2H3,(H,8,9);4H,2-3,6H2,1H3,(H,7,8). The Morgan fingerprint density at radius 2 is 1.59 bits per heavy atom. The summed E-state index contributed by atoms with van der Waals surface area (Å²) in [7, 11) is 0. The van der Waals surface area contributed by atoms with Crippen LogP contribution in [-0.4, -0.2) is 34.2 Å². The van der Waals surface area contributed by atoms with Crippen LogP contribution in [0.1, 0.15) is 40.0 Å². The van der Waals surface area contributed by atoms with E-state index in [9.17, 15) is 9.59 Å². The van der Waals surface area contributed by atoms with Crippen LogP contribution in [0.15, 0.2) is 0 Å². The van der Waals surface area contributed by atoms with E-state index in [1.54, 1.807) is 0 Å². The Kier molecular flexibility index (Phi) is 10.8. The van der Waals surface area contributed by atoms with Gasteiger partial charge in [0.15, 0.2) is 0 Å². The van der Waals surface area contributed by atoms with Crippen molar-refractivity contribution >= 4 is 11.9 Å². The summed E-state index contributed by atoms with van der Waals surface area (Å²) in [5.74, 6) is -1.75. The molecule has 0 radical (unpaired) electrons. The van der Waals surface area contributed by atoms with Crippen LogP contribution in [0.4, 0.5) is 0 Å². The lowest BCUT2D eigenvalue weighted by Crippen LogP contribution is -2.36. The number of nitrogens with two attached hydrogens (primary N) is 2. The van der Waals surface area contributed by atoms with Crippen molar-refractivity contribution in [2.75, 3.05) is 0 Å². The SMILES string of the molecule is CCC(C)C(N)C(=O)O.CCCC(N)C(=O)O. The Labute approximate surface area is 102 Å². The first kappa shape index (κ1) is 18.2. The number of hydrogen-bond acceptors (Lipinski definition) is 4. The fourth-order valence-corrected chi connectivity index (χ4v) is 0.932. The molecule has 0 aromatic heterocycles. The van der Waals surface area contributed by atoms with E-state index >= 15 is 0 Å². The maximum absolute atomic E-state index is 10.2. The molecule has 3 unspecified atom stereocenters. The fraction of sp³-hybridized carbons (Fsp3) is 0.818. The van der Waals surface area contributed by atoms with Crippen LogP contribution >= 0.6 is 0 Å².